The Labute approximate surface area is 26.4 Å². The van der Waals surface area contributed by atoms with Gasteiger partial charge in [0.25, 0.3) is 0 Å². The van der Waals surface area contributed by atoms with Crippen molar-refractivity contribution in [2.75, 3.05) is 7.05 Å². The summed E-state index contributed by atoms with van der Waals surface area (Å²) >= 11 is 0. The quantitative estimate of drug-likeness (QED) is 0.367. The first-order chi connectivity index (χ1) is 1.00. The summed E-state index contributed by atoms with van der Waals surface area (Å²) in [7, 11) is 1.50. The average molecular weight is 65.1 g/mol. The van der Waals surface area contributed by atoms with Gasteiger partial charge in [0.05, 0.1) is 0 Å². The lowest BCUT2D eigenvalue weighted by Gasteiger charge is -1.19. The second-order valence-electron chi connectivity index (χ2n) is 0. The van der Waals surface area contributed by atoms with Gasteiger partial charge in [0, 0.05) is 0 Å². The molecular formula is CH11N3. The third-order valence-electron chi connectivity index (χ3n) is 0. The van der Waals surface area contributed by atoms with Crippen molar-refractivity contribution in [3.05, 3.63) is 0 Å². The van der Waals surface area contributed by atoms with E-state index in [9.17, 15) is 0 Å². The monoisotopic (exact) mass is 65.1 g/mol. The summed E-state index contributed by atoms with van der Waals surface area (Å²) in [5.74, 6) is 0. The molecule has 0 aromatic rings. The fourth-order valence-electron chi connectivity index (χ4n) is 0. The summed E-state index contributed by atoms with van der Waals surface area (Å²) in [6, 6.07) is 0. The van der Waals surface area contributed by atoms with Crippen LogP contribution in [0.15, 0.2) is 0 Å². The van der Waals surface area contributed by atoms with Crippen LogP contribution < -0.4 is 18.0 Å². The molecule has 0 rings (SSSR count). The largest absolute Gasteiger partial charge is 0.344 e. The molecule has 0 unspecified atom stereocenters. The molecule has 0 radical (unpaired) electrons. The van der Waals surface area contributed by atoms with Crippen molar-refractivity contribution < 1.29 is 0 Å². The van der Waals surface area contributed by atoms with E-state index in [1.54, 1.807) is 0 Å². The van der Waals surface area contributed by atoms with E-state index in [1.165, 1.54) is 7.05 Å². The first kappa shape index (κ1) is 41.6. The van der Waals surface area contributed by atoms with E-state index in [2.05, 4.69) is 5.73 Å². The Kier molecular flexibility index (Phi) is 7340. The molecule has 8 N–H and O–H groups in total. The third-order valence-corrected chi connectivity index (χ3v) is 0. The number of nitrogens with two attached hydrogens (primary N) is 1. The van der Waals surface area contributed by atoms with E-state index in [0.717, 1.165) is 0 Å². The Hall–Kier alpha value is -0.120. The van der Waals surface area contributed by atoms with Gasteiger partial charge in [-0.3, -0.25) is 0 Å². The van der Waals surface area contributed by atoms with E-state index >= 15 is 0 Å². The summed E-state index contributed by atoms with van der Waals surface area (Å²) in [5, 5.41) is 0. The van der Waals surface area contributed by atoms with Gasteiger partial charge in [0.1, 0.15) is 0 Å². The van der Waals surface area contributed by atoms with E-state index < -0.39 is 0 Å². The number of hydrogen-bond donors (Lipinski definition) is 3. The van der Waals surface area contributed by atoms with Crippen LogP contribution in [0.3, 0.4) is 0 Å². The molecular weight excluding hydrogens is 54.0 g/mol. The van der Waals surface area contributed by atoms with E-state index in [4.69, 9.17) is 0 Å². The minimum atomic E-state index is 0. The molecule has 3 nitrogen and oxygen atoms in total. The second kappa shape index (κ2) is 707. The minimum absolute atomic E-state index is 0. The molecule has 0 fully saturated rings. The van der Waals surface area contributed by atoms with Gasteiger partial charge in [-0.25, -0.2) is 0 Å². The molecule has 0 saturated heterocycles. The molecule has 0 aliphatic heterocycles. The van der Waals surface area contributed by atoms with E-state index in [-0.39, 0.29) is 12.3 Å². The summed E-state index contributed by atoms with van der Waals surface area (Å²) in [6.45, 7) is 0. The van der Waals surface area contributed by atoms with Crippen molar-refractivity contribution in [1.82, 2.24) is 12.3 Å². The fourth-order valence-corrected chi connectivity index (χ4v) is 0. The summed E-state index contributed by atoms with van der Waals surface area (Å²) in [4.78, 5) is 0. The maximum atomic E-state index is 4.50. The zero-order valence-electron chi connectivity index (χ0n) is 2.99. The number of rotatable bonds is 0. The van der Waals surface area contributed by atoms with Gasteiger partial charge in [-0.05, 0) is 7.05 Å². The van der Waals surface area contributed by atoms with Crippen LogP contribution in [0.5, 0.6) is 0 Å². The molecule has 0 aliphatic rings. The molecule has 0 spiro atoms. The molecule has 0 aromatic carbocycles. The highest BCUT2D eigenvalue weighted by molar-refractivity contribution is 3.54. The van der Waals surface area contributed by atoms with E-state index in [1.807, 2.05) is 0 Å². The van der Waals surface area contributed by atoms with Gasteiger partial charge in [-0.15, -0.1) is 0 Å². The smallest absolute Gasteiger partial charge is 0.0195 e. The summed E-state index contributed by atoms with van der Waals surface area (Å²) in [5.41, 5.74) is 4.50. The SMILES string of the molecule is CN.N.N. The topological polar surface area (TPSA) is 96.0 Å². The van der Waals surface area contributed by atoms with Gasteiger partial charge < -0.3 is 18.0 Å². The first-order valence-electron chi connectivity index (χ1n) is 0.577. The van der Waals surface area contributed by atoms with Crippen LogP contribution >= 0.6 is 0 Å². The van der Waals surface area contributed by atoms with Crippen LogP contribution in [0, 0.1) is 0 Å². The first-order valence-corrected chi connectivity index (χ1v) is 0.577. The fraction of sp³-hybridized carbons (Fsp3) is 1.00. The van der Waals surface area contributed by atoms with Crippen LogP contribution in [0.1, 0.15) is 0 Å². The predicted molar refractivity (Wildman–Crippen MR) is 20.2 cm³/mol. The number of hydrogen-bond acceptors (Lipinski definition) is 3. The van der Waals surface area contributed by atoms with E-state index in [0.29, 0.717) is 0 Å². The zero-order chi connectivity index (χ0) is 2.00. The highest BCUT2D eigenvalue weighted by atomic mass is 14.4. The molecule has 0 aliphatic carbocycles. The average Bonchev–Trinajstić information content (AvgIpc) is 1.00. The molecule has 3 heteroatoms. The van der Waals surface area contributed by atoms with Crippen LogP contribution in [-0.2, 0) is 0 Å². The van der Waals surface area contributed by atoms with Crippen molar-refractivity contribution in [1.29, 1.82) is 0 Å². The Morgan fingerprint density at radius 3 is 1.00 bits per heavy atom. The molecule has 0 amide bonds. The maximum Gasteiger partial charge on any atom is -0.0195 e. The maximum absolute atomic E-state index is 4.50. The summed E-state index contributed by atoms with van der Waals surface area (Å²) in [6.07, 6.45) is 0. The van der Waals surface area contributed by atoms with Gasteiger partial charge in [-0.1, -0.05) is 0 Å². The zero-order valence-corrected chi connectivity index (χ0v) is 2.99. The molecule has 4 heavy (non-hydrogen) atoms. The predicted octanol–water partition coefficient (Wildman–Crippen LogP) is -0.101. The minimum Gasteiger partial charge on any atom is -0.344 e. The third kappa shape index (κ3) is 101. The highest BCUT2D eigenvalue weighted by Crippen LogP contribution is 0.469. The van der Waals surface area contributed by atoms with Crippen LogP contribution in [-0.4, -0.2) is 7.05 Å². The lowest BCUT2D eigenvalue weighted by Crippen LogP contribution is -1.69. The second-order valence-corrected chi connectivity index (χ2v) is 0. The van der Waals surface area contributed by atoms with Gasteiger partial charge in [-0.2, -0.15) is 0 Å². The van der Waals surface area contributed by atoms with Crippen molar-refractivity contribution >= 4 is 0 Å². The van der Waals surface area contributed by atoms with Crippen molar-refractivity contribution in [2.45, 2.75) is 0 Å². The van der Waals surface area contributed by atoms with Crippen LogP contribution in [0.4, 0.5) is 0 Å². The van der Waals surface area contributed by atoms with Gasteiger partial charge >= 0.3 is 0 Å². The van der Waals surface area contributed by atoms with Crippen molar-refractivity contribution in [3.8, 4) is 0 Å². The van der Waals surface area contributed by atoms with Crippen molar-refractivity contribution in [2.24, 2.45) is 5.73 Å². The van der Waals surface area contributed by atoms with Gasteiger partial charge in [0.15, 0.2) is 0 Å². The lowest BCUT2D eigenvalue weighted by atomic mass is 11.6. The normalized spacial score (nSPS) is 1.50. The van der Waals surface area contributed by atoms with Crippen LogP contribution in [0.25, 0.3) is 0 Å². The molecule has 30 valence electrons. The standard InChI is InChI=1S/CH5N.2H3N/c1-2;;/h2H2,1H3;2*1H3. The van der Waals surface area contributed by atoms with Crippen LogP contribution in [0.2, 0.25) is 0 Å². The van der Waals surface area contributed by atoms with Gasteiger partial charge in [0.2, 0.25) is 0 Å². The van der Waals surface area contributed by atoms with Crippen molar-refractivity contribution in [3.63, 3.8) is 0 Å². The lowest BCUT2D eigenvalue weighted by molar-refractivity contribution is 1.48. The molecule has 0 bridgehead atoms. The Bertz CT molecular complexity index is 3.25. The molecule has 0 saturated carbocycles. The molecule has 0 atom stereocenters. The highest BCUT2D eigenvalue weighted by Gasteiger charge is 0.836. The molecule has 0 heterocycles. The Morgan fingerprint density at radius 2 is 1.00 bits per heavy atom. The Morgan fingerprint density at radius 1 is 1.00 bits per heavy atom. The molecule has 0 aromatic heterocycles. The Balaban J connectivity index is -0.00000000500. The summed E-state index contributed by atoms with van der Waals surface area (Å²) < 4.78 is 0.